The molecule has 1 unspecified atom stereocenters. The van der Waals surface area contributed by atoms with E-state index in [0.717, 1.165) is 5.69 Å². The molecule has 5 nitrogen and oxygen atoms in total. The van der Waals surface area contributed by atoms with Crippen LogP contribution in [0.2, 0.25) is 0 Å². The molecule has 5 heteroatoms. The zero-order chi connectivity index (χ0) is 11.7. The van der Waals surface area contributed by atoms with Crippen LogP contribution in [0.4, 0.5) is 11.4 Å². The predicted octanol–water partition coefficient (Wildman–Crippen LogP) is 0.792. The maximum Gasteiger partial charge on any atom is 0.265 e. The van der Waals surface area contributed by atoms with E-state index in [-0.39, 0.29) is 12.6 Å². The van der Waals surface area contributed by atoms with Gasteiger partial charge in [-0.15, -0.1) is 0 Å². The van der Waals surface area contributed by atoms with Crippen molar-refractivity contribution in [3.8, 4) is 5.75 Å². The number of nitrogens with one attached hydrogen (secondary N) is 1. The molecule has 0 bridgehead atoms. The van der Waals surface area contributed by atoms with Gasteiger partial charge in [0.15, 0.2) is 6.10 Å². The fraction of sp³-hybridized carbons (Fsp3) is 0.364. The Morgan fingerprint density at radius 3 is 3.00 bits per heavy atom. The summed E-state index contributed by atoms with van der Waals surface area (Å²) in [4.78, 5) is 13.1. The van der Waals surface area contributed by atoms with Crippen LogP contribution in [0.1, 0.15) is 6.92 Å². The third-order valence-electron chi connectivity index (χ3n) is 2.55. The van der Waals surface area contributed by atoms with Crippen LogP contribution in [-0.2, 0) is 4.79 Å². The molecule has 86 valence electrons. The minimum Gasteiger partial charge on any atom is -0.479 e. The van der Waals surface area contributed by atoms with Crippen molar-refractivity contribution in [3.05, 3.63) is 18.2 Å². The number of carbonyl (C=O) groups excluding carboxylic acids is 1. The number of hydrogen-bond donors (Lipinski definition) is 2. The average Bonchev–Trinajstić information content (AvgIpc) is 2.29. The van der Waals surface area contributed by atoms with E-state index in [9.17, 15) is 4.79 Å². The molecule has 1 aromatic carbocycles. The van der Waals surface area contributed by atoms with Crippen LogP contribution in [0, 0.1) is 0 Å². The average molecular weight is 222 g/mol. The number of ether oxygens (including phenoxy) is 1. The summed E-state index contributed by atoms with van der Waals surface area (Å²) in [6.07, 6.45) is -0.464. The molecule has 0 spiro atoms. The first-order valence-corrected chi connectivity index (χ1v) is 5.05. The summed E-state index contributed by atoms with van der Waals surface area (Å²) in [6, 6.07) is 5.39. The molecule has 1 amide bonds. The molecule has 0 radical (unpaired) electrons. The number of aliphatic hydroxyl groups is 1. The van der Waals surface area contributed by atoms with Crippen LogP contribution in [-0.4, -0.2) is 30.9 Å². The van der Waals surface area contributed by atoms with Crippen LogP contribution < -0.4 is 15.0 Å². The number of rotatable bonds is 2. The summed E-state index contributed by atoms with van der Waals surface area (Å²) in [6.45, 7) is 1.62. The van der Waals surface area contributed by atoms with E-state index in [2.05, 4.69) is 5.32 Å². The van der Waals surface area contributed by atoms with Crippen LogP contribution in [0.25, 0.3) is 0 Å². The number of aliphatic hydroxyl groups excluding tert-OH is 1. The van der Waals surface area contributed by atoms with Gasteiger partial charge in [0.1, 0.15) is 12.5 Å². The molecule has 0 aliphatic carbocycles. The Morgan fingerprint density at radius 2 is 2.31 bits per heavy atom. The van der Waals surface area contributed by atoms with Crippen LogP contribution >= 0.6 is 0 Å². The number of hydrogen-bond acceptors (Lipinski definition) is 4. The Kier molecular flexibility index (Phi) is 2.70. The van der Waals surface area contributed by atoms with Gasteiger partial charge in [-0.3, -0.25) is 4.79 Å². The lowest BCUT2D eigenvalue weighted by atomic mass is 10.2. The van der Waals surface area contributed by atoms with Crippen molar-refractivity contribution in [3.63, 3.8) is 0 Å². The van der Waals surface area contributed by atoms with Crippen molar-refractivity contribution >= 4 is 17.3 Å². The molecule has 1 heterocycles. The van der Waals surface area contributed by atoms with E-state index < -0.39 is 6.10 Å². The summed E-state index contributed by atoms with van der Waals surface area (Å²) in [5, 5.41) is 11.8. The smallest absolute Gasteiger partial charge is 0.265 e. The Bertz CT molecular complexity index is 420. The van der Waals surface area contributed by atoms with Crippen molar-refractivity contribution in [1.82, 2.24) is 0 Å². The second-order valence-electron chi connectivity index (χ2n) is 3.77. The molecule has 0 fully saturated rings. The lowest BCUT2D eigenvalue weighted by Gasteiger charge is -2.25. The highest BCUT2D eigenvalue weighted by molar-refractivity contribution is 5.98. The molecule has 1 atom stereocenters. The van der Waals surface area contributed by atoms with Gasteiger partial charge in [0, 0.05) is 12.7 Å². The summed E-state index contributed by atoms with van der Waals surface area (Å²) in [7, 11) is 1.76. The standard InChI is InChI=1S/C11H14N2O3/c1-7-11(15)12-9-5-8(13(2)6-14)3-4-10(9)16-7/h3-5,7,14H,6H2,1-2H3,(H,12,15). The molecule has 0 saturated carbocycles. The molecule has 1 aromatic rings. The highest BCUT2D eigenvalue weighted by Crippen LogP contribution is 2.32. The molecule has 16 heavy (non-hydrogen) atoms. The van der Waals surface area contributed by atoms with Gasteiger partial charge in [-0.2, -0.15) is 0 Å². The normalized spacial score (nSPS) is 18.4. The highest BCUT2D eigenvalue weighted by Gasteiger charge is 2.23. The first kappa shape index (κ1) is 10.8. The van der Waals surface area contributed by atoms with Gasteiger partial charge in [0.05, 0.1) is 5.69 Å². The van der Waals surface area contributed by atoms with E-state index in [1.165, 1.54) is 0 Å². The topological polar surface area (TPSA) is 61.8 Å². The first-order chi connectivity index (χ1) is 7.61. The lowest BCUT2D eigenvalue weighted by Crippen LogP contribution is -2.34. The molecule has 0 saturated heterocycles. The quantitative estimate of drug-likeness (QED) is 0.726. The van der Waals surface area contributed by atoms with Crippen LogP contribution in [0.5, 0.6) is 5.75 Å². The maximum atomic E-state index is 11.4. The molecular weight excluding hydrogens is 208 g/mol. The number of anilines is 2. The second-order valence-corrected chi connectivity index (χ2v) is 3.77. The van der Waals surface area contributed by atoms with Gasteiger partial charge < -0.3 is 20.1 Å². The second kappa shape index (κ2) is 4.02. The number of nitrogens with zero attached hydrogens (tertiary/aromatic N) is 1. The number of carbonyl (C=O) groups is 1. The van der Waals surface area contributed by atoms with Crippen molar-refractivity contribution in [2.24, 2.45) is 0 Å². The minimum absolute atomic E-state index is 0.0794. The van der Waals surface area contributed by atoms with E-state index in [1.807, 2.05) is 6.07 Å². The summed E-state index contributed by atoms with van der Waals surface area (Å²) < 4.78 is 5.42. The molecule has 2 rings (SSSR count). The van der Waals surface area contributed by atoms with Gasteiger partial charge >= 0.3 is 0 Å². The Balaban J connectivity index is 2.32. The Labute approximate surface area is 93.6 Å². The third kappa shape index (κ3) is 1.81. The highest BCUT2D eigenvalue weighted by atomic mass is 16.5. The minimum atomic E-state index is -0.464. The van der Waals surface area contributed by atoms with E-state index in [0.29, 0.717) is 11.4 Å². The van der Waals surface area contributed by atoms with Crippen molar-refractivity contribution in [1.29, 1.82) is 0 Å². The van der Waals surface area contributed by atoms with E-state index in [1.54, 1.807) is 31.0 Å². The van der Waals surface area contributed by atoms with E-state index >= 15 is 0 Å². The summed E-state index contributed by atoms with van der Waals surface area (Å²) in [5.41, 5.74) is 1.46. The number of amides is 1. The zero-order valence-electron chi connectivity index (χ0n) is 9.23. The van der Waals surface area contributed by atoms with Gasteiger partial charge in [0.25, 0.3) is 5.91 Å². The first-order valence-electron chi connectivity index (χ1n) is 5.05. The van der Waals surface area contributed by atoms with Gasteiger partial charge in [-0.1, -0.05) is 0 Å². The molecule has 0 aromatic heterocycles. The number of benzene rings is 1. The van der Waals surface area contributed by atoms with Gasteiger partial charge in [-0.25, -0.2) is 0 Å². The maximum absolute atomic E-state index is 11.4. The van der Waals surface area contributed by atoms with Crippen molar-refractivity contribution in [2.45, 2.75) is 13.0 Å². The monoisotopic (exact) mass is 222 g/mol. The largest absolute Gasteiger partial charge is 0.479 e. The molecule has 2 N–H and O–H groups in total. The fourth-order valence-electron chi connectivity index (χ4n) is 1.52. The Hall–Kier alpha value is -1.75. The SMILES string of the molecule is CC1Oc2ccc(N(C)CO)cc2NC1=O. The molecular formula is C11H14N2O3. The molecule has 1 aliphatic rings. The van der Waals surface area contributed by atoms with Crippen molar-refractivity contribution in [2.75, 3.05) is 24.0 Å². The number of fused-ring (bicyclic) bond motifs is 1. The van der Waals surface area contributed by atoms with Crippen LogP contribution in [0.15, 0.2) is 18.2 Å². The van der Waals surface area contributed by atoms with E-state index in [4.69, 9.17) is 9.84 Å². The zero-order valence-corrected chi connectivity index (χ0v) is 9.23. The summed E-state index contributed by atoms with van der Waals surface area (Å²) in [5.74, 6) is 0.499. The fourth-order valence-corrected chi connectivity index (χ4v) is 1.52. The Morgan fingerprint density at radius 1 is 1.56 bits per heavy atom. The third-order valence-corrected chi connectivity index (χ3v) is 2.55. The predicted molar refractivity (Wildman–Crippen MR) is 60.7 cm³/mol. The molecule has 1 aliphatic heterocycles. The van der Waals surface area contributed by atoms with Crippen LogP contribution in [0.3, 0.4) is 0 Å². The lowest BCUT2D eigenvalue weighted by molar-refractivity contribution is -0.122. The van der Waals surface area contributed by atoms with Crippen molar-refractivity contribution < 1.29 is 14.6 Å². The summed E-state index contributed by atoms with van der Waals surface area (Å²) >= 11 is 0. The van der Waals surface area contributed by atoms with Gasteiger partial charge in [-0.05, 0) is 25.1 Å². The van der Waals surface area contributed by atoms with Gasteiger partial charge in [0.2, 0.25) is 0 Å².